The third kappa shape index (κ3) is 4.44. The SMILES string of the molecule is CC(C)(CC(N)=O)Cc1nc2ccc(CO)nc2n1CC(F)(F)F. The second-order valence-electron chi connectivity index (χ2n) is 6.52. The van der Waals surface area contributed by atoms with Crippen LogP contribution in [0.1, 0.15) is 31.8 Å². The van der Waals surface area contributed by atoms with Gasteiger partial charge in [0, 0.05) is 12.8 Å². The Morgan fingerprint density at radius 3 is 2.50 bits per heavy atom. The van der Waals surface area contributed by atoms with Crippen LogP contribution in [-0.4, -0.2) is 31.7 Å². The molecule has 0 bridgehead atoms. The number of hydrogen-bond donors (Lipinski definition) is 2. The number of aliphatic hydroxyl groups excluding tert-OH is 1. The molecule has 2 aromatic rings. The maximum atomic E-state index is 13.0. The number of aromatic nitrogens is 3. The van der Waals surface area contributed by atoms with Crippen LogP contribution in [-0.2, 0) is 24.4 Å². The number of nitrogens with zero attached hydrogens (tertiary/aromatic N) is 3. The molecule has 9 heteroatoms. The zero-order valence-corrected chi connectivity index (χ0v) is 13.4. The molecule has 0 aliphatic rings. The fourth-order valence-electron chi connectivity index (χ4n) is 2.62. The topological polar surface area (TPSA) is 94.0 Å². The standard InChI is InChI=1S/C15H19F3N4O2/c1-14(2,5-11(19)24)6-12-21-10-4-3-9(7-23)20-13(10)22(12)8-15(16,17)18/h3-4,23H,5-8H2,1-2H3,(H2,19,24). The lowest BCUT2D eigenvalue weighted by atomic mass is 9.85. The van der Waals surface area contributed by atoms with E-state index < -0.39 is 24.0 Å². The fraction of sp³-hybridized carbons (Fsp3) is 0.533. The van der Waals surface area contributed by atoms with E-state index in [-0.39, 0.29) is 36.6 Å². The zero-order chi connectivity index (χ0) is 18.1. The number of amides is 1. The molecule has 6 nitrogen and oxygen atoms in total. The number of rotatable bonds is 6. The molecule has 0 radical (unpaired) electrons. The van der Waals surface area contributed by atoms with Crippen molar-refractivity contribution in [2.75, 3.05) is 0 Å². The van der Waals surface area contributed by atoms with Crippen molar-refractivity contribution in [3.63, 3.8) is 0 Å². The number of nitrogens with two attached hydrogens (primary N) is 1. The lowest BCUT2D eigenvalue weighted by Crippen LogP contribution is -2.27. The Morgan fingerprint density at radius 2 is 1.96 bits per heavy atom. The highest BCUT2D eigenvalue weighted by Crippen LogP contribution is 2.29. The predicted molar refractivity (Wildman–Crippen MR) is 80.8 cm³/mol. The average molecular weight is 344 g/mol. The highest BCUT2D eigenvalue weighted by atomic mass is 19.4. The lowest BCUT2D eigenvalue weighted by Gasteiger charge is -2.23. The summed E-state index contributed by atoms with van der Waals surface area (Å²) in [5.74, 6) is -0.352. The van der Waals surface area contributed by atoms with Crippen molar-refractivity contribution in [1.82, 2.24) is 14.5 Å². The van der Waals surface area contributed by atoms with E-state index in [1.165, 1.54) is 12.1 Å². The highest BCUT2D eigenvalue weighted by molar-refractivity contribution is 5.74. The van der Waals surface area contributed by atoms with Crippen molar-refractivity contribution in [1.29, 1.82) is 0 Å². The van der Waals surface area contributed by atoms with E-state index in [1.807, 2.05) is 0 Å². The minimum Gasteiger partial charge on any atom is -0.390 e. The molecule has 0 atom stereocenters. The van der Waals surface area contributed by atoms with Crippen molar-refractivity contribution in [3.8, 4) is 0 Å². The van der Waals surface area contributed by atoms with Gasteiger partial charge in [0.05, 0.1) is 12.3 Å². The molecule has 0 aliphatic heterocycles. The van der Waals surface area contributed by atoms with Gasteiger partial charge in [-0.15, -0.1) is 0 Å². The molecule has 1 amide bonds. The second-order valence-corrected chi connectivity index (χ2v) is 6.52. The Hall–Kier alpha value is -2.16. The molecule has 0 aromatic carbocycles. The van der Waals surface area contributed by atoms with Crippen molar-refractivity contribution in [2.24, 2.45) is 11.1 Å². The van der Waals surface area contributed by atoms with Crippen LogP contribution in [0.5, 0.6) is 0 Å². The number of alkyl halides is 3. The maximum Gasteiger partial charge on any atom is 0.406 e. The van der Waals surface area contributed by atoms with E-state index in [1.54, 1.807) is 13.8 Å². The lowest BCUT2D eigenvalue weighted by molar-refractivity contribution is -0.140. The third-order valence-electron chi connectivity index (χ3n) is 3.52. The summed E-state index contributed by atoms with van der Waals surface area (Å²) in [7, 11) is 0. The van der Waals surface area contributed by atoms with Crippen molar-refractivity contribution in [3.05, 3.63) is 23.7 Å². The Morgan fingerprint density at radius 1 is 1.29 bits per heavy atom. The van der Waals surface area contributed by atoms with Crippen LogP contribution < -0.4 is 5.73 Å². The molecule has 0 fully saturated rings. The van der Waals surface area contributed by atoms with E-state index in [0.717, 1.165) is 4.57 Å². The van der Waals surface area contributed by atoms with Crippen LogP contribution in [0.3, 0.4) is 0 Å². The Labute approximate surface area is 136 Å². The zero-order valence-electron chi connectivity index (χ0n) is 13.4. The molecule has 0 saturated carbocycles. The summed E-state index contributed by atoms with van der Waals surface area (Å²) >= 11 is 0. The average Bonchev–Trinajstić information content (AvgIpc) is 2.71. The van der Waals surface area contributed by atoms with Gasteiger partial charge in [0.15, 0.2) is 5.65 Å². The third-order valence-corrected chi connectivity index (χ3v) is 3.52. The first kappa shape index (κ1) is 18.2. The molecule has 0 aliphatic carbocycles. The first-order chi connectivity index (χ1) is 11.0. The summed E-state index contributed by atoms with van der Waals surface area (Å²) in [4.78, 5) is 19.4. The summed E-state index contributed by atoms with van der Waals surface area (Å²) in [5.41, 5.74) is 5.18. The van der Waals surface area contributed by atoms with Gasteiger partial charge >= 0.3 is 6.18 Å². The smallest absolute Gasteiger partial charge is 0.390 e. The summed E-state index contributed by atoms with van der Waals surface area (Å²) in [5, 5.41) is 9.15. The van der Waals surface area contributed by atoms with Gasteiger partial charge in [0.1, 0.15) is 17.9 Å². The first-order valence-corrected chi connectivity index (χ1v) is 7.32. The number of pyridine rings is 1. The number of fused-ring (bicyclic) bond motifs is 1. The Bertz CT molecular complexity index is 753. The second kappa shape index (κ2) is 6.39. The fourth-order valence-corrected chi connectivity index (χ4v) is 2.62. The van der Waals surface area contributed by atoms with Gasteiger partial charge in [-0.2, -0.15) is 13.2 Å². The number of halogens is 3. The van der Waals surface area contributed by atoms with Crippen molar-refractivity contribution >= 4 is 17.1 Å². The molecule has 24 heavy (non-hydrogen) atoms. The van der Waals surface area contributed by atoms with Gasteiger partial charge in [-0.25, -0.2) is 9.97 Å². The monoisotopic (exact) mass is 344 g/mol. The molecule has 0 saturated heterocycles. The van der Waals surface area contributed by atoms with Crippen molar-refractivity contribution < 1.29 is 23.1 Å². The molecular formula is C15H19F3N4O2. The molecule has 0 unspecified atom stereocenters. The van der Waals surface area contributed by atoms with Crippen LogP contribution in [0.2, 0.25) is 0 Å². The quantitative estimate of drug-likeness (QED) is 0.837. The molecule has 2 rings (SSSR count). The van der Waals surface area contributed by atoms with Gasteiger partial charge in [0.25, 0.3) is 0 Å². The van der Waals surface area contributed by atoms with Gasteiger partial charge in [-0.3, -0.25) is 4.79 Å². The normalized spacial score (nSPS) is 12.8. The minimum absolute atomic E-state index is 0.0253. The number of carbonyl (C=O) groups is 1. The molecule has 0 spiro atoms. The van der Waals surface area contributed by atoms with Crippen LogP contribution in [0.15, 0.2) is 12.1 Å². The minimum atomic E-state index is -4.45. The highest BCUT2D eigenvalue weighted by Gasteiger charge is 2.32. The summed E-state index contributed by atoms with van der Waals surface area (Å²) in [6, 6.07) is 3.02. The van der Waals surface area contributed by atoms with E-state index >= 15 is 0 Å². The van der Waals surface area contributed by atoms with Gasteiger partial charge < -0.3 is 15.4 Å². The van der Waals surface area contributed by atoms with E-state index in [4.69, 9.17) is 10.8 Å². The van der Waals surface area contributed by atoms with E-state index in [2.05, 4.69) is 9.97 Å². The van der Waals surface area contributed by atoms with Crippen LogP contribution in [0.4, 0.5) is 13.2 Å². The molecular weight excluding hydrogens is 325 g/mol. The van der Waals surface area contributed by atoms with Gasteiger partial charge in [0.2, 0.25) is 5.91 Å². The Balaban J connectivity index is 2.51. The number of primary amides is 1. The number of carbonyl (C=O) groups excluding carboxylic acids is 1. The number of imidazole rings is 1. The first-order valence-electron chi connectivity index (χ1n) is 7.32. The Kier molecular flexibility index (Phi) is 4.84. The summed E-state index contributed by atoms with van der Waals surface area (Å²) in [6.07, 6.45) is -4.29. The molecule has 2 heterocycles. The predicted octanol–water partition coefficient (Wildman–Crippen LogP) is 1.93. The molecule has 132 valence electrons. The molecule has 3 N–H and O–H groups in total. The van der Waals surface area contributed by atoms with Gasteiger partial charge in [-0.1, -0.05) is 13.8 Å². The van der Waals surface area contributed by atoms with Crippen LogP contribution in [0.25, 0.3) is 11.2 Å². The maximum absolute atomic E-state index is 13.0. The largest absolute Gasteiger partial charge is 0.406 e. The molecule has 2 aromatic heterocycles. The van der Waals surface area contributed by atoms with Gasteiger partial charge in [-0.05, 0) is 17.5 Å². The van der Waals surface area contributed by atoms with Crippen LogP contribution in [0, 0.1) is 5.41 Å². The number of aliphatic hydroxyl groups is 1. The van der Waals surface area contributed by atoms with E-state index in [9.17, 15) is 18.0 Å². The van der Waals surface area contributed by atoms with Crippen molar-refractivity contribution in [2.45, 2.75) is 46.0 Å². The summed E-state index contributed by atoms with van der Waals surface area (Å²) < 4.78 is 39.8. The summed E-state index contributed by atoms with van der Waals surface area (Å²) in [6.45, 7) is 1.85. The van der Waals surface area contributed by atoms with E-state index in [0.29, 0.717) is 5.52 Å². The number of hydrogen-bond acceptors (Lipinski definition) is 4. The van der Waals surface area contributed by atoms with Crippen LogP contribution >= 0.6 is 0 Å².